The maximum Gasteiger partial charge on any atom is 0.215 e. The minimum absolute atomic E-state index is 0.0820. The molecule has 106 valence electrons. The average Bonchev–Trinajstić information content (AvgIpc) is 2.35. The molecule has 1 unspecified atom stereocenters. The van der Waals surface area contributed by atoms with E-state index in [4.69, 9.17) is 4.74 Å². The molecule has 1 saturated heterocycles. The Morgan fingerprint density at radius 1 is 1.50 bits per heavy atom. The molecular formula is C12H24N2O3S. The van der Waals surface area contributed by atoms with Crippen molar-refractivity contribution in [1.29, 1.82) is 0 Å². The molecule has 0 aliphatic carbocycles. The van der Waals surface area contributed by atoms with Gasteiger partial charge in [-0.05, 0) is 19.4 Å². The summed E-state index contributed by atoms with van der Waals surface area (Å²) in [4.78, 5) is 0. The first kappa shape index (κ1) is 15.6. The third-order valence-electron chi connectivity index (χ3n) is 3.10. The highest BCUT2D eigenvalue weighted by molar-refractivity contribution is 7.89. The van der Waals surface area contributed by atoms with E-state index in [0.29, 0.717) is 19.7 Å². The predicted octanol–water partition coefficient (Wildman–Crippen LogP) is 0.593. The zero-order valence-corrected chi connectivity index (χ0v) is 11.9. The Morgan fingerprint density at radius 3 is 2.83 bits per heavy atom. The van der Waals surface area contributed by atoms with Gasteiger partial charge in [0.25, 0.3) is 0 Å². The van der Waals surface area contributed by atoms with Crippen LogP contribution in [0.5, 0.6) is 0 Å². The molecule has 0 amide bonds. The van der Waals surface area contributed by atoms with E-state index in [0.717, 1.165) is 25.8 Å². The number of nitrogens with one attached hydrogen (secondary N) is 1. The number of hydrogen-bond acceptors (Lipinski definition) is 4. The minimum atomic E-state index is -3.24. The molecule has 0 aromatic rings. The lowest BCUT2D eigenvalue weighted by Gasteiger charge is -2.27. The fourth-order valence-electron chi connectivity index (χ4n) is 2.11. The summed E-state index contributed by atoms with van der Waals surface area (Å²) in [6.07, 6.45) is 4.79. The summed E-state index contributed by atoms with van der Waals surface area (Å²) >= 11 is 0. The maximum absolute atomic E-state index is 12.3. The molecule has 0 bridgehead atoms. The Bertz CT molecular complexity index is 337. The van der Waals surface area contributed by atoms with Crippen molar-refractivity contribution in [2.45, 2.75) is 25.3 Å². The lowest BCUT2D eigenvalue weighted by Crippen LogP contribution is -2.45. The van der Waals surface area contributed by atoms with Crippen LogP contribution in [0.2, 0.25) is 0 Å². The summed E-state index contributed by atoms with van der Waals surface area (Å²) in [6.45, 7) is 5.66. The molecule has 1 aliphatic rings. The summed E-state index contributed by atoms with van der Waals surface area (Å²) in [5.41, 5.74) is 0. The van der Waals surface area contributed by atoms with Crippen molar-refractivity contribution in [3.8, 4) is 0 Å². The van der Waals surface area contributed by atoms with Gasteiger partial charge in [-0.25, -0.2) is 8.42 Å². The molecule has 1 atom stereocenters. The van der Waals surface area contributed by atoms with Crippen LogP contribution >= 0.6 is 0 Å². The third-order valence-corrected chi connectivity index (χ3v) is 5.04. The van der Waals surface area contributed by atoms with Crippen molar-refractivity contribution >= 4 is 10.0 Å². The number of methoxy groups -OCH3 is 1. The van der Waals surface area contributed by atoms with E-state index in [9.17, 15) is 8.42 Å². The lowest BCUT2D eigenvalue weighted by molar-refractivity contribution is 0.181. The number of nitrogens with zero attached hydrogens (tertiary/aromatic N) is 1. The number of rotatable bonds is 8. The molecule has 1 N–H and O–H groups in total. The van der Waals surface area contributed by atoms with E-state index < -0.39 is 10.0 Å². The van der Waals surface area contributed by atoms with Crippen molar-refractivity contribution < 1.29 is 13.2 Å². The van der Waals surface area contributed by atoms with Crippen LogP contribution in [-0.2, 0) is 14.8 Å². The molecule has 0 saturated carbocycles. The summed E-state index contributed by atoms with van der Waals surface area (Å²) in [5, 5.41) is 3.27. The first-order valence-electron chi connectivity index (χ1n) is 6.41. The number of hydrogen-bond donors (Lipinski definition) is 1. The Labute approximate surface area is 110 Å². The smallest absolute Gasteiger partial charge is 0.215 e. The Morgan fingerprint density at radius 2 is 2.28 bits per heavy atom. The van der Waals surface area contributed by atoms with E-state index in [-0.39, 0.29) is 11.8 Å². The van der Waals surface area contributed by atoms with Crippen molar-refractivity contribution in [3.63, 3.8) is 0 Å². The van der Waals surface area contributed by atoms with Gasteiger partial charge in [0, 0.05) is 26.2 Å². The van der Waals surface area contributed by atoms with E-state index >= 15 is 0 Å². The van der Waals surface area contributed by atoms with Gasteiger partial charge in [0.1, 0.15) is 0 Å². The highest BCUT2D eigenvalue weighted by Gasteiger charge is 2.26. The van der Waals surface area contributed by atoms with Gasteiger partial charge >= 0.3 is 0 Å². The molecule has 6 heteroatoms. The van der Waals surface area contributed by atoms with Crippen LogP contribution in [0.3, 0.4) is 0 Å². The third kappa shape index (κ3) is 5.06. The van der Waals surface area contributed by atoms with Crippen LogP contribution in [0, 0.1) is 0 Å². The largest absolute Gasteiger partial charge is 0.383 e. The Balaban J connectivity index is 2.58. The van der Waals surface area contributed by atoms with Gasteiger partial charge in [-0.3, -0.25) is 0 Å². The van der Waals surface area contributed by atoms with E-state index in [1.54, 1.807) is 13.2 Å². The summed E-state index contributed by atoms with van der Waals surface area (Å²) in [7, 11) is -1.67. The van der Waals surface area contributed by atoms with Crippen LogP contribution in [0.1, 0.15) is 19.3 Å². The summed E-state index contributed by atoms with van der Waals surface area (Å²) in [5.74, 6) is 0.171. The van der Waals surface area contributed by atoms with E-state index in [1.165, 1.54) is 4.31 Å². The Hall–Kier alpha value is -0.430. The van der Waals surface area contributed by atoms with E-state index in [2.05, 4.69) is 11.9 Å². The number of piperidine rings is 1. The first-order chi connectivity index (χ1) is 8.60. The molecule has 0 spiro atoms. The van der Waals surface area contributed by atoms with Gasteiger partial charge in [0.15, 0.2) is 0 Å². The average molecular weight is 276 g/mol. The second-order valence-corrected chi connectivity index (χ2v) is 6.58. The Kier molecular flexibility index (Phi) is 6.85. The first-order valence-corrected chi connectivity index (χ1v) is 8.02. The molecule has 1 rings (SSSR count). The zero-order chi connectivity index (χ0) is 13.4. The summed E-state index contributed by atoms with van der Waals surface area (Å²) in [6, 6.07) is 0.0820. The SMILES string of the molecule is C=CCN(CCOC)S(=O)(=O)CC1CCCCN1. The van der Waals surface area contributed by atoms with Gasteiger partial charge in [-0.1, -0.05) is 12.5 Å². The predicted molar refractivity (Wildman–Crippen MR) is 73.1 cm³/mol. The second-order valence-electron chi connectivity index (χ2n) is 4.56. The van der Waals surface area contributed by atoms with Crippen molar-refractivity contribution in [2.75, 3.05) is 39.1 Å². The molecule has 0 aromatic carbocycles. The van der Waals surface area contributed by atoms with Crippen molar-refractivity contribution in [2.24, 2.45) is 0 Å². The highest BCUT2D eigenvalue weighted by Crippen LogP contribution is 2.12. The van der Waals surface area contributed by atoms with Crippen molar-refractivity contribution in [1.82, 2.24) is 9.62 Å². The highest BCUT2D eigenvalue weighted by atomic mass is 32.2. The fourth-order valence-corrected chi connectivity index (χ4v) is 3.80. The summed E-state index contributed by atoms with van der Waals surface area (Å²) < 4.78 is 30.9. The van der Waals surface area contributed by atoms with Crippen LogP contribution < -0.4 is 5.32 Å². The zero-order valence-electron chi connectivity index (χ0n) is 11.1. The molecule has 18 heavy (non-hydrogen) atoms. The molecule has 1 aliphatic heterocycles. The topological polar surface area (TPSA) is 58.6 Å². The van der Waals surface area contributed by atoms with Gasteiger partial charge in [-0.15, -0.1) is 6.58 Å². The molecule has 1 fully saturated rings. The van der Waals surface area contributed by atoms with Crippen LogP contribution in [0.25, 0.3) is 0 Å². The fraction of sp³-hybridized carbons (Fsp3) is 0.833. The molecule has 1 heterocycles. The van der Waals surface area contributed by atoms with Crippen molar-refractivity contribution in [3.05, 3.63) is 12.7 Å². The van der Waals surface area contributed by atoms with Crippen LogP contribution in [0.4, 0.5) is 0 Å². The second kappa shape index (κ2) is 7.89. The van der Waals surface area contributed by atoms with Crippen LogP contribution in [0.15, 0.2) is 12.7 Å². The molecular weight excluding hydrogens is 252 g/mol. The number of ether oxygens (including phenoxy) is 1. The van der Waals surface area contributed by atoms with Gasteiger partial charge < -0.3 is 10.1 Å². The molecule has 0 aromatic heterocycles. The maximum atomic E-state index is 12.3. The van der Waals surface area contributed by atoms with Gasteiger partial charge in [0.2, 0.25) is 10.0 Å². The number of sulfonamides is 1. The normalized spacial score (nSPS) is 21.1. The van der Waals surface area contributed by atoms with Gasteiger partial charge in [-0.2, -0.15) is 4.31 Å². The van der Waals surface area contributed by atoms with Crippen LogP contribution in [-0.4, -0.2) is 57.9 Å². The quantitative estimate of drug-likeness (QED) is 0.659. The standard InChI is InChI=1S/C12H24N2O3S/c1-3-8-14(9-10-17-2)18(15,16)11-12-6-4-5-7-13-12/h3,12-13H,1,4-11H2,2H3. The van der Waals surface area contributed by atoms with Gasteiger partial charge in [0.05, 0.1) is 12.4 Å². The molecule has 5 nitrogen and oxygen atoms in total. The lowest BCUT2D eigenvalue weighted by atomic mass is 10.1. The molecule has 0 radical (unpaired) electrons. The van der Waals surface area contributed by atoms with E-state index in [1.807, 2.05) is 0 Å². The monoisotopic (exact) mass is 276 g/mol. The minimum Gasteiger partial charge on any atom is -0.383 e.